The van der Waals surface area contributed by atoms with Crippen LogP contribution in [-0.4, -0.2) is 21.8 Å². The number of nitrogens with zero attached hydrogens (tertiary/aromatic N) is 2. The number of thiazole rings is 1. The van der Waals surface area contributed by atoms with Gasteiger partial charge < -0.3 is 5.73 Å². The van der Waals surface area contributed by atoms with Gasteiger partial charge in [0.2, 0.25) is 0 Å². The van der Waals surface area contributed by atoms with E-state index < -0.39 is 0 Å². The van der Waals surface area contributed by atoms with Crippen LogP contribution in [0.3, 0.4) is 0 Å². The third-order valence-corrected chi connectivity index (χ3v) is 5.96. The molecule has 1 heterocycles. The van der Waals surface area contributed by atoms with Gasteiger partial charge in [-0.25, -0.2) is 9.98 Å². The third kappa shape index (κ3) is 4.43. The quantitative estimate of drug-likeness (QED) is 0.508. The van der Waals surface area contributed by atoms with Crippen LogP contribution in [-0.2, 0) is 6.42 Å². The predicted octanol–water partition coefficient (Wildman–Crippen LogP) is 5.33. The number of hydrogen-bond acceptors (Lipinski definition) is 5. The molecule has 1 aliphatic carbocycles. The molecular weight excluding hydrogens is 400 g/mol. The van der Waals surface area contributed by atoms with E-state index in [4.69, 9.17) is 17.3 Å². The zero-order valence-corrected chi connectivity index (χ0v) is 17.2. The molecule has 0 bridgehead atoms. The highest BCUT2D eigenvalue weighted by molar-refractivity contribution is 8.13. The molecule has 140 valence electrons. The predicted molar refractivity (Wildman–Crippen MR) is 117 cm³/mol. The summed E-state index contributed by atoms with van der Waals surface area (Å²) in [5.74, 6) is 1.05. The number of fused-ring (bicyclic) bond motifs is 1. The van der Waals surface area contributed by atoms with E-state index >= 15 is 0 Å². The summed E-state index contributed by atoms with van der Waals surface area (Å²) in [4.78, 5) is 22.0. The van der Waals surface area contributed by atoms with Crippen LogP contribution in [0.25, 0.3) is 5.70 Å². The van der Waals surface area contributed by atoms with E-state index in [0.717, 1.165) is 34.7 Å². The van der Waals surface area contributed by atoms with Gasteiger partial charge in [-0.1, -0.05) is 66.4 Å². The number of aliphatic imine (C=N–C) groups is 1. The number of carbonyl (C=O) groups is 1. The first-order valence-electron chi connectivity index (χ1n) is 8.42. The molecule has 0 saturated heterocycles. The molecule has 0 fully saturated rings. The second kappa shape index (κ2) is 8.73. The lowest BCUT2D eigenvalue weighted by Gasteiger charge is -2.15. The first-order valence-corrected chi connectivity index (χ1v) is 10.6. The van der Waals surface area contributed by atoms with E-state index in [0.29, 0.717) is 27.3 Å². The minimum absolute atomic E-state index is 0.114. The van der Waals surface area contributed by atoms with Crippen molar-refractivity contribution in [1.29, 1.82) is 0 Å². The van der Waals surface area contributed by atoms with Gasteiger partial charge in [-0.2, -0.15) is 0 Å². The lowest BCUT2D eigenvalue weighted by molar-refractivity contribution is 0.270. The van der Waals surface area contributed by atoms with Crippen molar-refractivity contribution in [2.75, 3.05) is 11.1 Å². The van der Waals surface area contributed by atoms with Crippen molar-refractivity contribution < 1.29 is 4.79 Å². The highest BCUT2D eigenvalue weighted by atomic mass is 35.5. The summed E-state index contributed by atoms with van der Waals surface area (Å²) in [6.07, 6.45) is 3.34. The van der Waals surface area contributed by atoms with Gasteiger partial charge in [0.15, 0.2) is 5.13 Å². The van der Waals surface area contributed by atoms with Crippen LogP contribution < -0.4 is 11.1 Å². The number of rotatable bonds is 5. The van der Waals surface area contributed by atoms with Gasteiger partial charge in [0.1, 0.15) is 5.84 Å². The van der Waals surface area contributed by atoms with Gasteiger partial charge in [-0.3, -0.25) is 10.1 Å². The highest BCUT2D eigenvalue weighted by Crippen LogP contribution is 2.39. The Kier molecular flexibility index (Phi) is 6.36. The van der Waals surface area contributed by atoms with E-state index in [-0.39, 0.29) is 5.24 Å². The van der Waals surface area contributed by atoms with Crippen molar-refractivity contribution in [2.24, 2.45) is 10.7 Å². The molecule has 0 aliphatic heterocycles. The largest absolute Gasteiger partial charge is 0.383 e. The SMILES string of the molecule is C=CC1=C(/N=C(\N)c2ccccc2Cl)c2sc(NC(=O)SCC)nc2CC1. The van der Waals surface area contributed by atoms with Gasteiger partial charge in [0.25, 0.3) is 5.24 Å². The molecule has 8 heteroatoms. The second-order valence-electron chi connectivity index (χ2n) is 5.70. The van der Waals surface area contributed by atoms with Gasteiger partial charge in [-0.05, 0) is 36.3 Å². The number of anilines is 1. The zero-order chi connectivity index (χ0) is 19.4. The summed E-state index contributed by atoms with van der Waals surface area (Å²) in [6, 6.07) is 7.32. The number of hydrogen-bond donors (Lipinski definition) is 2. The van der Waals surface area contributed by atoms with Crippen molar-refractivity contribution in [3.8, 4) is 0 Å². The fourth-order valence-corrected chi connectivity index (χ4v) is 4.46. The fraction of sp³-hybridized carbons (Fsp3) is 0.211. The number of benzene rings is 1. The van der Waals surface area contributed by atoms with Crippen molar-refractivity contribution in [1.82, 2.24) is 4.98 Å². The summed E-state index contributed by atoms with van der Waals surface area (Å²) in [5.41, 5.74) is 9.57. The molecule has 0 radical (unpaired) electrons. The van der Waals surface area contributed by atoms with Crippen LogP contribution in [0.1, 0.15) is 29.5 Å². The maximum absolute atomic E-state index is 11.9. The Hall–Kier alpha value is -2.09. The molecule has 2 aromatic rings. The second-order valence-corrected chi connectivity index (χ2v) is 8.34. The lowest BCUT2D eigenvalue weighted by atomic mass is 9.98. The number of amides is 1. The van der Waals surface area contributed by atoms with Crippen LogP contribution in [0.4, 0.5) is 9.93 Å². The van der Waals surface area contributed by atoms with E-state index in [9.17, 15) is 4.79 Å². The molecule has 3 rings (SSSR count). The van der Waals surface area contributed by atoms with E-state index in [1.807, 2.05) is 25.1 Å². The summed E-state index contributed by atoms with van der Waals surface area (Å²) in [6.45, 7) is 5.83. The van der Waals surface area contributed by atoms with Crippen molar-refractivity contribution in [3.63, 3.8) is 0 Å². The Balaban J connectivity index is 1.99. The molecule has 1 amide bonds. The van der Waals surface area contributed by atoms with Gasteiger partial charge in [0.05, 0.1) is 21.3 Å². The van der Waals surface area contributed by atoms with Crippen LogP contribution >= 0.6 is 34.7 Å². The normalized spacial score (nSPS) is 14.1. The number of nitrogens with two attached hydrogens (primary N) is 1. The fourth-order valence-electron chi connectivity index (χ4n) is 2.70. The minimum atomic E-state index is -0.114. The van der Waals surface area contributed by atoms with E-state index in [2.05, 4.69) is 21.9 Å². The molecule has 27 heavy (non-hydrogen) atoms. The number of thioether (sulfide) groups is 1. The first-order chi connectivity index (χ1) is 13.0. The number of nitrogens with one attached hydrogen (secondary N) is 1. The van der Waals surface area contributed by atoms with Crippen molar-refractivity contribution in [3.05, 3.63) is 63.7 Å². The van der Waals surface area contributed by atoms with E-state index in [1.165, 1.54) is 23.1 Å². The van der Waals surface area contributed by atoms with Crippen molar-refractivity contribution >= 4 is 56.6 Å². The molecule has 0 saturated carbocycles. The topological polar surface area (TPSA) is 80.4 Å². The Morgan fingerprint density at radius 2 is 2.26 bits per heavy atom. The first kappa shape index (κ1) is 19.7. The number of amidine groups is 1. The number of aromatic nitrogens is 1. The average molecular weight is 419 g/mol. The standard InChI is InChI=1S/C19H19ClN4OS2/c1-3-11-9-10-14-16(27-18(22-14)24-19(25)26-4-2)15(11)23-17(21)12-7-5-6-8-13(12)20/h3,5-8H,1,4,9-10H2,2H3,(H2,21,23)(H,22,24,25). The van der Waals surface area contributed by atoms with Crippen LogP contribution in [0.5, 0.6) is 0 Å². The lowest BCUT2D eigenvalue weighted by Crippen LogP contribution is -2.15. The maximum atomic E-state index is 11.9. The van der Waals surface area contributed by atoms with Crippen LogP contribution in [0.15, 0.2) is 47.5 Å². The van der Waals surface area contributed by atoms with Gasteiger partial charge in [-0.15, -0.1) is 0 Å². The van der Waals surface area contributed by atoms with Crippen LogP contribution in [0, 0.1) is 0 Å². The summed E-state index contributed by atoms with van der Waals surface area (Å²) < 4.78 is 0. The molecule has 3 N–H and O–H groups in total. The summed E-state index contributed by atoms with van der Waals surface area (Å²) in [5, 5.41) is 3.83. The monoisotopic (exact) mass is 418 g/mol. The third-order valence-electron chi connectivity index (χ3n) is 3.96. The van der Waals surface area contributed by atoms with Gasteiger partial charge >= 0.3 is 0 Å². The molecule has 0 spiro atoms. The molecular formula is C19H19ClN4OS2. The number of aryl methyl sites for hydroxylation is 1. The molecule has 1 aromatic carbocycles. The molecule has 5 nitrogen and oxygen atoms in total. The maximum Gasteiger partial charge on any atom is 0.285 e. The molecule has 0 unspecified atom stereocenters. The van der Waals surface area contributed by atoms with Crippen molar-refractivity contribution in [2.45, 2.75) is 19.8 Å². The Labute approximate surface area is 171 Å². The molecule has 0 atom stereocenters. The van der Waals surface area contributed by atoms with Crippen LogP contribution in [0.2, 0.25) is 5.02 Å². The summed E-state index contributed by atoms with van der Waals surface area (Å²) >= 11 is 8.86. The minimum Gasteiger partial charge on any atom is -0.383 e. The Morgan fingerprint density at radius 3 is 2.96 bits per heavy atom. The molecule has 1 aromatic heterocycles. The average Bonchev–Trinajstić information content (AvgIpc) is 3.05. The smallest absolute Gasteiger partial charge is 0.285 e. The van der Waals surface area contributed by atoms with E-state index in [1.54, 1.807) is 12.1 Å². The molecule has 1 aliphatic rings. The number of halogens is 1. The zero-order valence-electron chi connectivity index (χ0n) is 14.8. The highest BCUT2D eigenvalue weighted by Gasteiger charge is 2.23. The number of carbonyl (C=O) groups excluding carboxylic acids is 1. The van der Waals surface area contributed by atoms with Gasteiger partial charge in [0, 0.05) is 5.56 Å². The Morgan fingerprint density at radius 1 is 1.48 bits per heavy atom. The number of allylic oxidation sites excluding steroid dienone is 2. The Bertz CT molecular complexity index is 949. The summed E-state index contributed by atoms with van der Waals surface area (Å²) in [7, 11) is 0.